The molecule has 0 bridgehead atoms. The van der Waals surface area contributed by atoms with Gasteiger partial charge < -0.3 is 14.1 Å². The lowest BCUT2D eigenvalue weighted by atomic mass is 10.2. The maximum absolute atomic E-state index is 11.9. The van der Waals surface area contributed by atoms with Crippen molar-refractivity contribution in [3.63, 3.8) is 0 Å². The molecule has 0 aliphatic rings. The molecule has 0 aromatic carbocycles. The molecule has 0 saturated heterocycles. The Morgan fingerprint density at radius 2 is 2.44 bits per heavy atom. The average Bonchev–Trinajstić information content (AvgIpc) is 2.88. The van der Waals surface area contributed by atoms with E-state index < -0.39 is 0 Å². The van der Waals surface area contributed by atoms with Gasteiger partial charge in [0.1, 0.15) is 17.4 Å². The first-order chi connectivity index (χ1) is 8.69. The molecule has 0 aliphatic heterocycles. The van der Waals surface area contributed by atoms with Gasteiger partial charge in [0.25, 0.3) is 5.91 Å². The molecule has 96 valence electrons. The molecule has 18 heavy (non-hydrogen) atoms. The van der Waals surface area contributed by atoms with Crippen LogP contribution in [0.25, 0.3) is 6.08 Å². The van der Waals surface area contributed by atoms with Crippen LogP contribution in [0.3, 0.4) is 0 Å². The lowest BCUT2D eigenvalue weighted by molar-refractivity contribution is -0.125. The fraction of sp³-hybridized carbons (Fsp3) is 0.385. The molecule has 0 atom stereocenters. The van der Waals surface area contributed by atoms with Crippen LogP contribution in [0.2, 0.25) is 0 Å². The number of hydrogen-bond acceptors (Lipinski definition) is 4. The van der Waals surface area contributed by atoms with E-state index in [1.165, 1.54) is 17.2 Å². The van der Waals surface area contributed by atoms with E-state index in [4.69, 9.17) is 14.4 Å². The Bertz CT molecular complexity index is 443. The summed E-state index contributed by atoms with van der Waals surface area (Å²) in [5.41, 5.74) is 0.0601. The molecule has 0 spiro atoms. The third-order valence-electron chi connectivity index (χ3n) is 2.37. The van der Waals surface area contributed by atoms with E-state index in [1.54, 1.807) is 26.3 Å². The summed E-state index contributed by atoms with van der Waals surface area (Å²) < 4.78 is 9.99. The van der Waals surface area contributed by atoms with Crippen molar-refractivity contribution in [1.29, 1.82) is 5.26 Å². The Labute approximate surface area is 106 Å². The van der Waals surface area contributed by atoms with Gasteiger partial charge in [-0.1, -0.05) is 0 Å². The molecule has 0 radical (unpaired) electrons. The lowest BCUT2D eigenvalue weighted by Crippen LogP contribution is -2.29. The molecule has 0 fully saturated rings. The molecule has 0 aliphatic carbocycles. The highest BCUT2D eigenvalue weighted by Gasteiger charge is 2.14. The van der Waals surface area contributed by atoms with Gasteiger partial charge in [0, 0.05) is 33.4 Å². The van der Waals surface area contributed by atoms with E-state index in [0.717, 1.165) is 6.42 Å². The van der Waals surface area contributed by atoms with Crippen LogP contribution in [0.5, 0.6) is 0 Å². The van der Waals surface area contributed by atoms with Gasteiger partial charge in [-0.25, -0.2) is 0 Å². The standard InChI is InChI=1S/C13H16N2O3/c1-15(6-4-7-17-2)13(16)11(10-14)9-12-5-3-8-18-12/h3,5,8-9H,4,6-7H2,1-2H3/b11-9-. The highest BCUT2D eigenvalue weighted by atomic mass is 16.5. The van der Waals surface area contributed by atoms with Crippen molar-refractivity contribution in [2.75, 3.05) is 27.3 Å². The van der Waals surface area contributed by atoms with E-state index in [0.29, 0.717) is 18.9 Å². The number of methoxy groups -OCH3 is 1. The van der Waals surface area contributed by atoms with Gasteiger partial charge in [-0.3, -0.25) is 4.79 Å². The third kappa shape index (κ3) is 4.07. The molecule has 0 unspecified atom stereocenters. The van der Waals surface area contributed by atoms with Crippen molar-refractivity contribution >= 4 is 12.0 Å². The Balaban J connectivity index is 2.65. The highest BCUT2D eigenvalue weighted by Crippen LogP contribution is 2.09. The predicted molar refractivity (Wildman–Crippen MR) is 66.4 cm³/mol. The molecule has 1 amide bonds. The smallest absolute Gasteiger partial charge is 0.264 e. The second-order valence-electron chi connectivity index (χ2n) is 3.76. The molecule has 0 N–H and O–H groups in total. The lowest BCUT2D eigenvalue weighted by Gasteiger charge is -2.15. The molecule has 5 nitrogen and oxygen atoms in total. The normalized spacial score (nSPS) is 11.1. The Kier molecular flexibility index (Phi) is 5.68. The zero-order valence-electron chi connectivity index (χ0n) is 10.5. The van der Waals surface area contributed by atoms with Crippen LogP contribution in [-0.4, -0.2) is 38.1 Å². The van der Waals surface area contributed by atoms with Crippen LogP contribution in [0, 0.1) is 11.3 Å². The van der Waals surface area contributed by atoms with E-state index >= 15 is 0 Å². The molecular formula is C13H16N2O3. The first kappa shape index (κ1) is 14.0. The Morgan fingerprint density at radius 3 is 3.00 bits per heavy atom. The van der Waals surface area contributed by atoms with Crippen molar-refractivity contribution in [3.05, 3.63) is 29.7 Å². The zero-order valence-corrected chi connectivity index (χ0v) is 10.5. The SMILES string of the molecule is COCCCN(C)C(=O)/C(C#N)=C\c1ccco1. The van der Waals surface area contributed by atoms with E-state index in [1.807, 2.05) is 6.07 Å². The van der Waals surface area contributed by atoms with Gasteiger partial charge in [0.15, 0.2) is 0 Å². The predicted octanol–water partition coefficient (Wildman–Crippen LogP) is 1.68. The first-order valence-corrected chi connectivity index (χ1v) is 5.58. The van der Waals surface area contributed by atoms with Gasteiger partial charge in [0.05, 0.1) is 6.26 Å². The quantitative estimate of drug-likeness (QED) is 0.436. The second-order valence-corrected chi connectivity index (χ2v) is 3.76. The van der Waals surface area contributed by atoms with Crippen molar-refractivity contribution in [3.8, 4) is 6.07 Å². The van der Waals surface area contributed by atoms with E-state index in [-0.39, 0.29) is 11.5 Å². The number of amides is 1. The number of ether oxygens (including phenoxy) is 1. The summed E-state index contributed by atoms with van der Waals surface area (Å²) in [4.78, 5) is 13.4. The molecule has 1 heterocycles. The molecular weight excluding hydrogens is 232 g/mol. The molecule has 0 saturated carbocycles. The van der Waals surface area contributed by atoms with Crippen molar-refractivity contribution < 1.29 is 13.9 Å². The fourth-order valence-corrected chi connectivity index (χ4v) is 1.41. The third-order valence-corrected chi connectivity index (χ3v) is 2.37. The van der Waals surface area contributed by atoms with Crippen LogP contribution in [-0.2, 0) is 9.53 Å². The summed E-state index contributed by atoms with van der Waals surface area (Å²) in [7, 11) is 3.27. The number of rotatable bonds is 6. The van der Waals surface area contributed by atoms with E-state index in [2.05, 4.69) is 0 Å². The minimum absolute atomic E-state index is 0.0601. The van der Waals surface area contributed by atoms with Crippen LogP contribution >= 0.6 is 0 Å². The van der Waals surface area contributed by atoms with Gasteiger partial charge in [-0.05, 0) is 18.6 Å². The van der Waals surface area contributed by atoms with Gasteiger partial charge >= 0.3 is 0 Å². The fourth-order valence-electron chi connectivity index (χ4n) is 1.41. The summed E-state index contributed by atoms with van der Waals surface area (Å²) in [6.45, 7) is 1.13. The largest absolute Gasteiger partial charge is 0.465 e. The Morgan fingerprint density at radius 1 is 1.67 bits per heavy atom. The number of likely N-dealkylation sites (N-methyl/N-ethyl adjacent to an activating group) is 1. The number of nitrogens with zero attached hydrogens (tertiary/aromatic N) is 2. The first-order valence-electron chi connectivity index (χ1n) is 5.58. The second kappa shape index (κ2) is 7.30. The van der Waals surface area contributed by atoms with Crippen LogP contribution in [0.1, 0.15) is 12.2 Å². The number of furan rings is 1. The topological polar surface area (TPSA) is 66.5 Å². The number of carbonyl (C=O) groups excluding carboxylic acids is 1. The van der Waals surface area contributed by atoms with Crippen molar-refractivity contribution in [2.24, 2.45) is 0 Å². The number of carbonyl (C=O) groups is 1. The molecule has 1 rings (SSSR count). The summed E-state index contributed by atoms with van der Waals surface area (Å²) in [5, 5.41) is 8.98. The van der Waals surface area contributed by atoms with E-state index in [9.17, 15) is 4.79 Å². The minimum atomic E-state index is -0.315. The minimum Gasteiger partial charge on any atom is -0.465 e. The van der Waals surface area contributed by atoms with Crippen LogP contribution < -0.4 is 0 Å². The molecule has 1 aromatic rings. The maximum Gasteiger partial charge on any atom is 0.264 e. The average molecular weight is 248 g/mol. The monoisotopic (exact) mass is 248 g/mol. The van der Waals surface area contributed by atoms with Crippen molar-refractivity contribution in [2.45, 2.75) is 6.42 Å². The van der Waals surface area contributed by atoms with Gasteiger partial charge in [-0.15, -0.1) is 0 Å². The maximum atomic E-state index is 11.9. The summed E-state index contributed by atoms with van der Waals surface area (Å²) in [6.07, 6.45) is 3.67. The van der Waals surface area contributed by atoms with Gasteiger partial charge in [-0.2, -0.15) is 5.26 Å². The summed E-state index contributed by atoms with van der Waals surface area (Å²) >= 11 is 0. The van der Waals surface area contributed by atoms with Crippen LogP contribution in [0.15, 0.2) is 28.4 Å². The Hall–Kier alpha value is -2.06. The van der Waals surface area contributed by atoms with Gasteiger partial charge in [0.2, 0.25) is 0 Å². The zero-order chi connectivity index (χ0) is 13.4. The van der Waals surface area contributed by atoms with Crippen LogP contribution in [0.4, 0.5) is 0 Å². The molecule has 5 heteroatoms. The summed E-state index contributed by atoms with van der Waals surface area (Å²) in [6, 6.07) is 5.28. The molecule has 1 aromatic heterocycles. The van der Waals surface area contributed by atoms with Crippen molar-refractivity contribution in [1.82, 2.24) is 4.90 Å². The summed E-state index contributed by atoms with van der Waals surface area (Å²) in [5.74, 6) is 0.176. The number of hydrogen-bond donors (Lipinski definition) is 0. The number of nitriles is 1. The highest BCUT2D eigenvalue weighted by molar-refractivity contribution is 6.01.